The number of fused-ring (bicyclic) bond motifs is 1. The second-order valence-corrected chi connectivity index (χ2v) is 5.62. The van der Waals surface area contributed by atoms with Crippen molar-refractivity contribution in [3.05, 3.63) is 35.4 Å². The molecule has 1 unspecified atom stereocenters. The van der Waals surface area contributed by atoms with Crippen LogP contribution in [0.25, 0.3) is 0 Å². The molecule has 2 nitrogen and oxygen atoms in total. The van der Waals surface area contributed by atoms with Crippen LogP contribution in [-0.2, 0) is 6.54 Å². The number of rotatable bonds is 5. The average molecular weight is 246 g/mol. The van der Waals surface area contributed by atoms with E-state index in [1.807, 2.05) is 0 Å². The molecule has 1 aliphatic rings. The zero-order valence-corrected chi connectivity index (χ0v) is 11.9. The Labute approximate surface area is 111 Å². The standard InChI is InChI=1S/C16H26N2/c1-4-9-18(13(2)3)12-15-11-17-10-14-7-5-6-8-16(14)15/h5-8,13,15,17H,4,9-12H2,1-3H3. The van der Waals surface area contributed by atoms with E-state index in [-0.39, 0.29) is 0 Å². The SMILES string of the molecule is CCCN(CC1CNCc2ccccc21)C(C)C. The third-order valence-corrected chi connectivity index (χ3v) is 3.90. The van der Waals surface area contributed by atoms with Gasteiger partial charge in [-0.2, -0.15) is 0 Å². The summed E-state index contributed by atoms with van der Waals surface area (Å²) in [5.41, 5.74) is 3.03. The van der Waals surface area contributed by atoms with Crippen LogP contribution in [0.1, 0.15) is 44.2 Å². The molecule has 1 aromatic rings. The first kappa shape index (κ1) is 13.6. The first-order valence-corrected chi connectivity index (χ1v) is 7.25. The molecule has 0 amide bonds. The normalized spacial score (nSPS) is 19.3. The average Bonchev–Trinajstić information content (AvgIpc) is 2.38. The molecule has 18 heavy (non-hydrogen) atoms. The molecule has 1 aliphatic heterocycles. The molecule has 1 aromatic carbocycles. The predicted molar refractivity (Wildman–Crippen MR) is 77.9 cm³/mol. The van der Waals surface area contributed by atoms with Gasteiger partial charge in [-0.15, -0.1) is 0 Å². The maximum Gasteiger partial charge on any atom is 0.0208 e. The molecule has 0 spiro atoms. The van der Waals surface area contributed by atoms with Gasteiger partial charge in [0.05, 0.1) is 0 Å². The van der Waals surface area contributed by atoms with E-state index >= 15 is 0 Å². The van der Waals surface area contributed by atoms with E-state index in [1.165, 1.54) is 25.1 Å². The van der Waals surface area contributed by atoms with E-state index < -0.39 is 0 Å². The van der Waals surface area contributed by atoms with Crippen molar-refractivity contribution < 1.29 is 0 Å². The highest BCUT2D eigenvalue weighted by atomic mass is 15.1. The fraction of sp³-hybridized carbons (Fsp3) is 0.625. The fourth-order valence-electron chi connectivity index (χ4n) is 2.88. The van der Waals surface area contributed by atoms with Gasteiger partial charge < -0.3 is 10.2 Å². The molecule has 1 N–H and O–H groups in total. The Morgan fingerprint density at radius 2 is 2.11 bits per heavy atom. The van der Waals surface area contributed by atoms with Crippen LogP contribution in [0.4, 0.5) is 0 Å². The van der Waals surface area contributed by atoms with Gasteiger partial charge in [0.25, 0.3) is 0 Å². The van der Waals surface area contributed by atoms with Crippen molar-refractivity contribution in [2.24, 2.45) is 0 Å². The predicted octanol–water partition coefficient (Wildman–Crippen LogP) is 2.99. The van der Waals surface area contributed by atoms with Crippen LogP contribution in [0, 0.1) is 0 Å². The molecule has 0 aromatic heterocycles. The molecule has 2 rings (SSSR count). The Hall–Kier alpha value is -0.860. The molecular weight excluding hydrogens is 220 g/mol. The second kappa shape index (κ2) is 6.35. The molecule has 1 heterocycles. The lowest BCUT2D eigenvalue weighted by Crippen LogP contribution is -2.40. The van der Waals surface area contributed by atoms with Gasteiger partial charge >= 0.3 is 0 Å². The third-order valence-electron chi connectivity index (χ3n) is 3.90. The lowest BCUT2D eigenvalue weighted by Gasteiger charge is -2.34. The first-order chi connectivity index (χ1) is 8.72. The summed E-state index contributed by atoms with van der Waals surface area (Å²) in [5.74, 6) is 0.642. The quantitative estimate of drug-likeness (QED) is 0.859. The highest BCUT2D eigenvalue weighted by Gasteiger charge is 2.22. The van der Waals surface area contributed by atoms with E-state index in [0.29, 0.717) is 12.0 Å². The lowest BCUT2D eigenvalue weighted by molar-refractivity contribution is 0.204. The van der Waals surface area contributed by atoms with Crippen LogP contribution in [0.15, 0.2) is 24.3 Å². The summed E-state index contributed by atoms with van der Waals surface area (Å²) < 4.78 is 0. The van der Waals surface area contributed by atoms with E-state index in [4.69, 9.17) is 0 Å². The minimum absolute atomic E-state index is 0.638. The number of benzene rings is 1. The summed E-state index contributed by atoms with van der Waals surface area (Å²) in [6.07, 6.45) is 1.24. The van der Waals surface area contributed by atoms with Gasteiger partial charge in [-0.3, -0.25) is 0 Å². The van der Waals surface area contributed by atoms with Gasteiger partial charge in [0.1, 0.15) is 0 Å². The summed E-state index contributed by atoms with van der Waals surface area (Å²) in [4.78, 5) is 2.61. The molecule has 0 saturated heterocycles. The Morgan fingerprint density at radius 3 is 2.83 bits per heavy atom. The number of hydrogen-bond donors (Lipinski definition) is 1. The van der Waals surface area contributed by atoms with Gasteiger partial charge in [-0.1, -0.05) is 31.2 Å². The van der Waals surface area contributed by atoms with Gasteiger partial charge in [0, 0.05) is 31.6 Å². The molecule has 100 valence electrons. The molecule has 0 aliphatic carbocycles. The maximum atomic E-state index is 3.55. The lowest BCUT2D eigenvalue weighted by atomic mass is 9.90. The minimum atomic E-state index is 0.638. The van der Waals surface area contributed by atoms with Gasteiger partial charge in [0.15, 0.2) is 0 Å². The van der Waals surface area contributed by atoms with Crippen molar-refractivity contribution in [1.29, 1.82) is 0 Å². The van der Waals surface area contributed by atoms with Gasteiger partial charge in [0.2, 0.25) is 0 Å². The van der Waals surface area contributed by atoms with Gasteiger partial charge in [-0.05, 0) is 37.9 Å². The smallest absolute Gasteiger partial charge is 0.0208 e. The Morgan fingerprint density at radius 1 is 1.33 bits per heavy atom. The van der Waals surface area contributed by atoms with Crippen molar-refractivity contribution >= 4 is 0 Å². The van der Waals surface area contributed by atoms with Crippen molar-refractivity contribution in [1.82, 2.24) is 10.2 Å². The first-order valence-electron chi connectivity index (χ1n) is 7.25. The number of nitrogens with one attached hydrogen (secondary N) is 1. The van der Waals surface area contributed by atoms with Crippen LogP contribution in [0.3, 0.4) is 0 Å². The van der Waals surface area contributed by atoms with Crippen molar-refractivity contribution in [2.45, 2.75) is 45.7 Å². The zero-order chi connectivity index (χ0) is 13.0. The fourth-order valence-corrected chi connectivity index (χ4v) is 2.88. The summed E-state index contributed by atoms with van der Waals surface area (Å²) >= 11 is 0. The number of hydrogen-bond acceptors (Lipinski definition) is 2. The monoisotopic (exact) mass is 246 g/mol. The number of nitrogens with zero attached hydrogens (tertiary/aromatic N) is 1. The molecular formula is C16H26N2. The molecule has 1 atom stereocenters. The highest BCUT2D eigenvalue weighted by Crippen LogP contribution is 2.25. The molecule has 0 bridgehead atoms. The maximum absolute atomic E-state index is 3.55. The summed E-state index contributed by atoms with van der Waals surface area (Å²) in [6, 6.07) is 9.53. The molecule has 0 saturated carbocycles. The van der Waals surface area contributed by atoms with Crippen molar-refractivity contribution in [3.63, 3.8) is 0 Å². The van der Waals surface area contributed by atoms with Crippen LogP contribution >= 0.6 is 0 Å². The van der Waals surface area contributed by atoms with E-state index in [9.17, 15) is 0 Å². The topological polar surface area (TPSA) is 15.3 Å². The molecule has 2 heteroatoms. The minimum Gasteiger partial charge on any atom is -0.312 e. The Bertz CT molecular complexity index is 373. The zero-order valence-electron chi connectivity index (χ0n) is 11.9. The van der Waals surface area contributed by atoms with Crippen molar-refractivity contribution in [2.75, 3.05) is 19.6 Å². The molecule has 0 radical (unpaired) electrons. The third kappa shape index (κ3) is 3.12. The van der Waals surface area contributed by atoms with E-state index in [0.717, 1.165) is 13.1 Å². The van der Waals surface area contributed by atoms with Crippen LogP contribution in [0.5, 0.6) is 0 Å². The van der Waals surface area contributed by atoms with Crippen LogP contribution in [-0.4, -0.2) is 30.6 Å². The largest absolute Gasteiger partial charge is 0.312 e. The van der Waals surface area contributed by atoms with Crippen LogP contribution in [0.2, 0.25) is 0 Å². The van der Waals surface area contributed by atoms with Crippen molar-refractivity contribution in [3.8, 4) is 0 Å². The second-order valence-electron chi connectivity index (χ2n) is 5.62. The van der Waals surface area contributed by atoms with E-state index in [1.54, 1.807) is 5.56 Å². The van der Waals surface area contributed by atoms with Gasteiger partial charge in [-0.25, -0.2) is 0 Å². The Kier molecular flexibility index (Phi) is 4.79. The van der Waals surface area contributed by atoms with Crippen LogP contribution < -0.4 is 5.32 Å². The van der Waals surface area contributed by atoms with E-state index in [2.05, 4.69) is 55.3 Å². The highest BCUT2D eigenvalue weighted by molar-refractivity contribution is 5.32. The summed E-state index contributed by atoms with van der Waals surface area (Å²) in [7, 11) is 0. The Balaban J connectivity index is 2.10. The summed E-state index contributed by atoms with van der Waals surface area (Å²) in [6.45, 7) is 11.4. The molecule has 0 fully saturated rings. The summed E-state index contributed by atoms with van der Waals surface area (Å²) in [5, 5.41) is 3.55.